The molecule has 0 spiro atoms. The molecule has 2 aromatic rings. The summed E-state index contributed by atoms with van der Waals surface area (Å²) in [6.45, 7) is 4.48. The number of hydrogen-bond acceptors (Lipinski definition) is 3. The molecule has 0 fully saturated rings. The van der Waals surface area contributed by atoms with Crippen LogP contribution in [-0.4, -0.2) is 15.7 Å². The lowest BCUT2D eigenvalue weighted by Gasteiger charge is -2.06. The van der Waals surface area contributed by atoms with E-state index in [-0.39, 0.29) is 5.91 Å². The van der Waals surface area contributed by atoms with E-state index in [0.29, 0.717) is 17.9 Å². The summed E-state index contributed by atoms with van der Waals surface area (Å²) >= 11 is 0. The molecular formula is C13H16N4O. The fraction of sp³-hybridized carbons (Fsp3) is 0.231. The van der Waals surface area contributed by atoms with Crippen LogP contribution in [0.1, 0.15) is 23.1 Å². The normalized spacial score (nSPS) is 10.3. The Morgan fingerprint density at radius 2 is 2.06 bits per heavy atom. The Hall–Kier alpha value is -2.30. The zero-order valence-electron chi connectivity index (χ0n) is 10.5. The summed E-state index contributed by atoms with van der Waals surface area (Å²) in [7, 11) is 0. The number of nitrogen functional groups attached to an aromatic ring is 1. The van der Waals surface area contributed by atoms with Gasteiger partial charge in [0.2, 0.25) is 0 Å². The van der Waals surface area contributed by atoms with E-state index >= 15 is 0 Å². The van der Waals surface area contributed by atoms with Crippen molar-refractivity contribution in [1.82, 2.24) is 9.78 Å². The number of benzene rings is 1. The van der Waals surface area contributed by atoms with Gasteiger partial charge in [-0.3, -0.25) is 9.48 Å². The molecule has 1 aromatic carbocycles. The Kier molecular flexibility index (Phi) is 3.32. The van der Waals surface area contributed by atoms with Crippen LogP contribution >= 0.6 is 0 Å². The maximum Gasteiger partial charge on any atom is 0.273 e. The lowest BCUT2D eigenvalue weighted by Crippen LogP contribution is -2.17. The molecule has 0 saturated carbocycles. The van der Waals surface area contributed by atoms with E-state index in [9.17, 15) is 4.79 Å². The molecule has 5 nitrogen and oxygen atoms in total. The standard InChI is InChI=1S/C13H16N4O/c1-3-17-12(8-9(2)16-17)13(18)15-11-6-4-10(14)5-7-11/h4-8H,3,14H2,1-2H3,(H,15,18). The first-order valence-corrected chi connectivity index (χ1v) is 5.81. The second-order valence-corrected chi connectivity index (χ2v) is 4.06. The van der Waals surface area contributed by atoms with Gasteiger partial charge in [0, 0.05) is 17.9 Å². The van der Waals surface area contributed by atoms with Crippen molar-refractivity contribution in [3.63, 3.8) is 0 Å². The number of nitrogens with zero attached hydrogens (tertiary/aromatic N) is 2. The Bertz CT molecular complexity index is 557. The van der Waals surface area contributed by atoms with Crippen molar-refractivity contribution in [2.45, 2.75) is 20.4 Å². The molecule has 0 aliphatic carbocycles. The molecule has 18 heavy (non-hydrogen) atoms. The molecule has 1 heterocycles. The van der Waals surface area contributed by atoms with Crippen molar-refractivity contribution < 1.29 is 4.79 Å². The van der Waals surface area contributed by atoms with Crippen LogP contribution in [0.3, 0.4) is 0 Å². The van der Waals surface area contributed by atoms with Crippen LogP contribution in [0, 0.1) is 6.92 Å². The van der Waals surface area contributed by atoms with Gasteiger partial charge in [-0.25, -0.2) is 0 Å². The van der Waals surface area contributed by atoms with Gasteiger partial charge >= 0.3 is 0 Å². The molecule has 3 N–H and O–H groups in total. The van der Waals surface area contributed by atoms with Crippen LogP contribution in [0.4, 0.5) is 11.4 Å². The average Bonchev–Trinajstić information content (AvgIpc) is 2.73. The highest BCUT2D eigenvalue weighted by molar-refractivity contribution is 6.03. The smallest absolute Gasteiger partial charge is 0.273 e. The first kappa shape index (κ1) is 12.2. The minimum absolute atomic E-state index is 0.165. The van der Waals surface area contributed by atoms with Crippen molar-refractivity contribution in [3.8, 4) is 0 Å². The van der Waals surface area contributed by atoms with Gasteiger partial charge in [-0.2, -0.15) is 5.10 Å². The minimum Gasteiger partial charge on any atom is -0.399 e. The fourth-order valence-corrected chi connectivity index (χ4v) is 1.73. The van der Waals surface area contributed by atoms with Crippen LogP contribution in [0.5, 0.6) is 0 Å². The molecule has 0 unspecified atom stereocenters. The summed E-state index contributed by atoms with van der Waals surface area (Å²) in [5, 5.41) is 7.06. The van der Waals surface area contributed by atoms with E-state index < -0.39 is 0 Å². The second-order valence-electron chi connectivity index (χ2n) is 4.06. The summed E-state index contributed by atoms with van der Waals surface area (Å²) in [6, 6.07) is 8.81. The van der Waals surface area contributed by atoms with Crippen molar-refractivity contribution in [3.05, 3.63) is 41.7 Å². The van der Waals surface area contributed by atoms with Gasteiger partial charge in [-0.05, 0) is 44.2 Å². The molecule has 1 aromatic heterocycles. The zero-order chi connectivity index (χ0) is 13.1. The fourth-order valence-electron chi connectivity index (χ4n) is 1.73. The highest BCUT2D eigenvalue weighted by atomic mass is 16.2. The molecule has 1 amide bonds. The molecule has 0 aliphatic rings. The van der Waals surface area contributed by atoms with Crippen LogP contribution in [0.2, 0.25) is 0 Å². The molecule has 0 atom stereocenters. The van der Waals surface area contributed by atoms with E-state index in [1.807, 2.05) is 13.8 Å². The summed E-state index contributed by atoms with van der Waals surface area (Å²) in [5.41, 5.74) is 8.37. The number of rotatable bonds is 3. The molecule has 2 rings (SSSR count). The average molecular weight is 244 g/mol. The molecular weight excluding hydrogens is 228 g/mol. The summed E-state index contributed by atoms with van der Waals surface area (Å²) < 4.78 is 1.68. The van der Waals surface area contributed by atoms with Gasteiger partial charge in [0.25, 0.3) is 5.91 Å². The van der Waals surface area contributed by atoms with E-state index in [0.717, 1.165) is 11.4 Å². The summed E-state index contributed by atoms with van der Waals surface area (Å²) in [6.07, 6.45) is 0. The lowest BCUT2D eigenvalue weighted by molar-refractivity contribution is 0.101. The molecule has 0 aliphatic heterocycles. The summed E-state index contributed by atoms with van der Waals surface area (Å²) in [4.78, 5) is 12.1. The largest absolute Gasteiger partial charge is 0.399 e. The molecule has 0 saturated heterocycles. The lowest BCUT2D eigenvalue weighted by atomic mass is 10.2. The number of carbonyl (C=O) groups is 1. The number of carbonyl (C=O) groups excluding carboxylic acids is 1. The topological polar surface area (TPSA) is 72.9 Å². The van der Waals surface area contributed by atoms with Crippen molar-refractivity contribution in [2.75, 3.05) is 11.1 Å². The molecule has 94 valence electrons. The maximum atomic E-state index is 12.1. The van der Waals surface area contributed by atoms with Crippen LogP contribution in [0.15, 0.2) is 30.3 Å². The number of anilines is 2. The highest BCUT2D eigenvalue weighted by Crippen LogP contribution is 2.12. The Balaban J connectivity index is 2.19. The van der Waals surface area contributed by atoms with Crippen LogP contribution < -0.4 is 11.1 Å². The Morgan fingerprint density at radius 3 is 2.67 bits per heavy atom. The van der Waals surface area contributed by atoms with Gasteiger partial charge in [0.1, 0.15) is 5.69 Å². The Labute approximate surface area is 106 Å². The van der Waals surface area contributed by atoms with Crippen molar-refractivity contribution >= 4 is 17.3 Å². The maximum absolute atomic E-state index is 12.1. The predicted molar refractivity (Wildman–Crippen MR) is 71.4 cm³/mol. The summed E-state index contributed by atoms with van der Waals surface area (Å²) in [5.74, 6) is -0.165. The van der Waals surface area contributed by atoms with Gasteiger partial charge in [-0.1, -0.05) is 0 Å². The van der Waals surface area contributed by atoms with Crippen molar-refractivity contribution in [1.29, 1.82) is 0 Å². The third-order valence-corrected chi connectivity index (χ3v) is 2.60. The SMILES string of the molecule is CCn1nc(C)cc1C(=O)Nc1ccc(N)cc1. The number of nitrogens with two attached hydrogens (primary N) is 1. The van der Waals surface area contributed by atoms with Gasteiger partial charge in [0.05, 0.1) is 5.69 Å². The van der Waals surface area contributed by atoms with Crippen LogP contribution in [0.25, 0.3) is 0 Å². The van der Waals surface area contributed by atoms with Crippen molar-refractivity contribution in [2.24, 2.45) is 0 Å². The van der Waals surface area contributed by atoms with Gasteiger partial charge < -0.3 is 11.1 Å². The number of amides is 1. The molecule has 5 heteroatoms. The zero-order valence-corrected chi connectivity index (χ0v) is 10.5. The second kappa shape index (κ2) is 4.91. The third-order valence-electron chi connectivity index (χ3n) is 2.60. The number of aryl methyl sites for hydroxylation is 2. The molecule has 0 bridgehead atoms. The minimum atomic E-state index is -0.165. The van der Waals surface area contributed by atoms with E-state index in [1.54, 1.807) is 35.0 Å². The number of nitrogens with one attached hydrogen (secondary N) is 1. The highest BCUT2D eigenvalue weighted by Gasteiger charge is 2.12. The van der Waals surface area contributed by atoms with E-state index in [4.69, 9.17) is 5.73 Å². The third kappa shape index (κ3) is 2.51. The van der Waals surface area contributed by atoms with Gasteiger partial charge in [-0.15, -0.1) is 0 Å². The first-order chi connectivity index (χ1) is 8.60. The monoisotopic (exact) mass is 244 g/mol. The quantitative estimate of drug-likeness (QED) is 0.811. The van der Waals surface area contributed by atoms with Gasteiger partial charge in [0.15, 0.2) is 0 Å². The van der Waals surface area contributed by atoms with Crippen LogP contribution in [-0.2, 0) is 6.54 Å². The van der Waals surface area contributed by atoms with E-state index in [2.05, 4.69) is 10.4 Å². The van der Waals surface area contributed by atoms with E-state index in [1.165, 1.54) is 0 Å². The number of aromatic nitrogens is 2. The molecule has 0 radical (unpaired) electrons. The first-order valence-electron chi connectivity index (χ1n) is 5.81. The number of hydrogen-bond donors (Lipinski definition) is 2. The predicted octanol–water partition coefficient (Wildman–Crippen LogP) is 2.05. The Morgan fingerprint density at radius 1 is 1.39 bits per heavy atom.